The van der Waals surface area contributed by atoms with Crippen LogP contribution in [0.5, 0.6) is 0 Å². The minimum atomic E-state index is -4.36. The number of nitrogens with zero attached hydrogens (tertiary/aromatic N) is 2. The first-order valence-electron chi connectivity index (χ1n) is 3.33. The lowest BCUT2D eigenvalue weighted by molar-refractivity contribution is -0.140. The van der Waals surface area contributed by atoms with E-state index >= 15 is 0 Å². The molecule has 68 valence electrons. The minimum Gasteiger partial charge on any atom is -0.336 e. The van der Waals surface area contributed by atoms with E-state index in [0.29, 0.717) is 13.1 Å². The number of aromatic nitrogens is 2. The lowest BCUT2D eigenvalue weighted by atomic mass is 10.5. The summed E-state index contributed by atoms with van der Waals surface area (Å²) in [6, 6.07) is 0. The van der Waals surface area contributed by atoms with Crippen molar-refractivity contribution in [3.05, 3.63) is 18.2 Å². The van der Waals surface area contributed by atoms with E-state index in [2.05, 4.69) is 4.98 Å². The van der Waals surface area contributed by atoms with Crippen molar-refractivity contribution in [3.8, 4) is 0 Å². The Morgan fingerprint density at radius 3 is 2.58 bits per heavy atom. The molecule has 1 aromatic rings. The molecule has 0 bridgehead atoms. The molecular formula is C6H8F3N3. The molecule has 0 aromatic carbocycles. The molecule has 0 spiro atoms. The second kappa shape index (κ2) is 3.14. The molecule has 0 unspecified atom stereocenters. The normalized spacial score (nSPS) is 12.0. The maximum atomic E-state index is 11.9. The predicted octanol–water partition coefficient (Wildman–Crippen LogP) is 0.861. The number of hydrogen-bond acceptors (Lipinski definition) is 2. The van der Waals surface area contributed by atoms with Crippen LogP contribution in [0.25, 0.3) is 0 Å². The lowest BCUT2D eigenvalue weighted by Gasteiger charge is -2.00. The Balaban J connectivity index is 2.77. The highest BCUT2D eigenvalue weighted by Crippen LogP contribution is 2.26. The van der Waals surface area contributed by atoms with Gasteiger partial charge in [-0.05, 0) is 0 Å². The zero-order valence-corrected chi connectivity index (χ0v) is 6.17. The van der Waals surface area contributed by atoms with E-state index in [1.165, 1.54) is 4.57 Å². The van der Waals surface area contributed by atoms with E-state index in [0.717, 1.165) is 12.5 Å². The number of halogens is 3. The summed E-state index contributed by atoms with van der Waals surface area (Å²) in [5.74, 6) is 0. The summed E-state index contributed by atoms with van der Waals surface area (Å²) in [7, 11) is 0. The molecule has 0 saturated carbocycles. The number of nitrogens with two attached hydrogens (primary N) is 1. The zero-order valence-electron chi connectivity index (χ0n) is 6.17. The fourth-order valence-electron chi connectivity index (χ4n) is 0.778. The summed E-state index contributed by atoms with van der Waals surface area (Å²) in [5.41, 5.74) is 4.27. The van der Waals surface area contributed by atoms with Gasteiger partial charge in [0.2, 0.25) is 0 Å². The smallest absolute Gasteiger partial charge is 0.336 e. The molecule has 2 N–H and O–H groups in total. The van der Waals surface area contributed by atoms with Gasteiger partial charge in [-0.1, -0.05) is 0 Å². The molecule has 0 radical (unpaired) electrons. The van der Waals surface area contributed by atoms with Crippen LogP contribution in [0, 0.1) is 0 Å². The molecule has 0 saturated heterocycles. The highest BCUT2D eigenvalue weighted by molar-refractivity contribution is 5.01. The largest absolute Gasteiger partial charge is 0.434 e. The first kappa shape index (κ1) is 9.05. The highest BCUT2D eigenvalue weighted by Gasteiger charge is 2.33. The van der Waals surface area contributed by atoms with Gasteiger partial charge in [-0.25, -0.2) is 4.98 Å². The van der Waals surface area contributed by atoms with Gasteiger partial charge in [-0.2, -0.15) is 13.2 Å². The summed E-state index contributed by atoms with van der Waals surface area (Å²) < 4.78 is 37.1. The van der Waals surface area contributed by atoms with Crippen molar-refractivity contribution in [2.75, 3.05) is 6.54 Å². The van der Waals surface area contributed by atoms with Gasteiger partial charge in [-0.15, -0.1) is 0 Å². The second-order valence-corrected chi connectivity index (χ2v) is 2.28. The Labute approximate surface area is 67.0 Å². The summed E-state index contributed by atoms with van der Waals surface area (Å²) in [6.07, 6.45) is -2.30. The monoisotopic (exact) mass is 179 g/mol. The van der Waals surface area contributed by atoms with Crippen molar-refractivity contribution in [1.29, 1.82) is 0 Å². The van der Waals surface area contributed by atoms with Gasteiger partial charge in [-0.3, -0.25) is 0 Å². The third-order valence-electron chi connectivity index (χ3n) is 1.31. The van der Waals surface area contributed by atoms with Crippen LogP contribution >= 0.6 is 0 Å². The van der Waals surface area contributed by atoms with Crippen LogP contribution in [0.4, 0.5) is 13.2 Å². The fraction of sp³-hybridized carbons (Fsp3) is 0.500. The molecular weight excluding hydrogens is 171 g/mol. The average molecular weight is 179 g/mol. The SMILES string of the molecule is NCCn1cnc(C(F)(F)F)c1. The van der Waals surface area contributed by atoms with Crippen LogP contribution in [0.15, 0.2) is 12.5 Å². The van der Waals surface area contributed by atoms with Crippen molar-refractivity contribution in [1.82, 2.24) is 9.55 Å². The van der Waals surface area contributed by atoms with E-state index < -0.39 is 11.9 Å². The molecule has 1 rings (SSSR count). The molecule has 6 heteroatoms. The zero-order chi connectivity index (χ0) is 9.19. The van der Waals surface area contributed by atoms with Crippen LogP contribution in [0.3, 0.4) is 0 Å². The van der Waals surface area contributed by atoms with E-state index in [1.807, 2.05) is 0 Å². The number of hydrogen-bond donors (Lipinski definition) is 1. The minimum absolute atomic E-state index is 0.299. The van der Waals surface area contributed by atoms with E-state index in [1.54, 1.807) is 0 Å². The third-order valence-corrected chi connectivity index (χ3v) is 1.31. The number of imidazole rings is 1. The maximum absolute atomic E-state index is 11.9. The van der Waals surface area contributed by atoms with Gasteiger partial charge in [0.25, 0.3) is 0 Å². The Morgan fingerprint density at radius 2 is 2.17 bits per heavy atom. The molecule has 0 atom stereocenters. The topological polar surface area (TPSA) is 43.8 Å². The Morgan fingerprint density at radius 1 is 1.50 bits per heavy atom. The molecule has 0 fully saturated rings. The first-order valence-corrected chi connectivity index (χ1v) is 3.33. The van der Waals surface area contributed by atoms with Crippen molar-refractivity contribution >= 4 is 0 Å². The molecule has 1 heterocycles. The van der Waals surface area contributed by atoms with Gasteiger partial charge in [0.05, 0.1) is 6.33 Å². The van der Waals surface area contributed by atoms with Crippen molar-refractivity contribution in [3.63, 3.8) is 0 Å². The summed E-state index contributed by atoms with van der Waals surface area (Å²) in [5, 5.41) is 0. The fourth-order valence-corrected chi connectivity index (χ4v) is 0.778. The summed E-state index contributed by atoms with van der Waals surface area (Å²) >= 11 is 0. The first-order chi connectivity index (χ1) is 5.54. The third kappa shape index (κ3) is 1.97. The van der Waals surface area contributed by atoms with Crippen molar-refractivity contribution < 1.29 is 13.2 Å². The van der Waals surface area contributed by atoms with E-state index in [4.69, 9.17) is 5.73 Å². The quantitative estimate of drug-likeness (QED) is 0.731. The van der Waals surface area contributed by atoms with E-state index in [-0.39, 0.29) is 0 Å². The molecule has 0 aliphatic rings. The van der Waals surface area contributed by atoms with Gasteiger partial charge in [0.1, 0.15) is 0 Å². The number of alkyl halides is 3. The van der Waals surface area contributed by atoms with Crippen molar-refractivity contribution in [2.24, 2.45) is 5.73 Å². The molecule has 0 aliphatic carbocycles. The summed E-state index contributed by atoms with van der Waals surface area (Å²) in [4.78, 5) is 3.19. The van der Waals surface area contributed by atoms with Crippen LogP contribution < -0.4 is 5.73 Å². The van der Waals surface area contributed by atoms with Crippen molar-refractivity contribution in [2.45, 2.75) is 12.7 Å². The van der Waals surface area contributed by atoms with Gasteiger partial charge >= 0.3 is 6.18 Å². The van der Waals surface area contributed by atoms with Gasteiger partial charge in [0.15, 0.2) is 5.69 Å². The van der Waals surface area contributed by atoms with Gasteiger partial charge < -0.3 is 10.3 Å². The lowest BCUT2D eigenvalue weighted by Crippen LogP contribution is -2.09. The molecule has 0 amide bonds. The average Bonchev–Trinajstić information content (AvgIpc) is 2.35. The predicted molar refractivity (Wildman–Crippen MR) is 36.3 cm³/mol. The van der Waals surface area contributed by atoms with Gasteiger partial charge in [0, 0.05) is 19.3 Å². The Kier molecular flexibility index (Phi) is 2.37. The maximum Gasteiger partial charge on any atom is 0.434 e. The van der Waals surface area contributed by atoms with Crippen LogP contribution in [0.2, 0.25) is 0 Å². The molecule has 1 aromatic heterocycles. The molecule has 12 heavy (non-hydrogen) atoms. The second-order valence-electron chi connectivity index (χ2n) is 2.28. The van der Waals surface area contributed by atoms with Crippen LogP contribution in [0.1, 0.15) is 5.69 Å². The van der Waals surface area contributed by atoms with Crippen LogP contribution in [-0.2, 0) is 12.7 Å². The Hall–Kier alpha value is -1.04. The number of rotatable bonds is 2. The molecule has 3 nitrogen and oxygen atoms in total. The standard InChI is InChI=1S/C6H8F3N3/c7-6(8,9)5-3-12(2-1-10)4-11-5/h3-4H,1-2,10H2. The Bertz CT molecular complexity index is 253. The molecule has 0 aliphatic heterocycles. The summed E-state index contributed by atoms with van der Waals surface area (Å²) in [6.45, 7) is 0.650. The van der Waals surface area contributed by atoms with E-state index in [9.17, 15) is 13.2 Å². The highest BCUT2D eigenvalue weighted by atomic mass is 19.4. The van der Waals surface area contributed by atoms with Crippen LogP contribution in [-0.4, -0.2) is 16.1 Å².